The van der Waals surface area contributed by atoms with E-state index < -0.39 is 0 Å². The van der Waals surface area contributed by atoms with Crippen LogP contribution in [0.4, 0.5) is 0 Å². The number of benzene rings is 2. The maximum absolute atomic E-state index is 5.43. The Labute approximate surface area is 168 Å². The average molecular weight is 392 g/mol. The molecule has 7 heteroatoms. The second-order valence-corrected chi connectivity index (χ2v) is 7.48. The molecule has 0 radical (unpaired) electrons. The molecule has 0 amide bonds. The molecule has 4 aromatic rings. The Balaban J connectivity index is 1.53. The molecule has 0 aliphatic rings. The number of aromatic nitrogens is 5. The van der Waals surface area contributed by atoms with Crippen molar-refractivity contribution in [1.82, 2.24) is 24.9 Å². The molecule has 0 spiro atoms. The van der Waals surface area contributed by atoms with Crippen LogP contribution in [0.1, 0.15) is 23.9 Å². The third-order valence-electron chi connectivity index (χ3n) is 4.49. The average Bonchev–Trinajstić information content (AvgIpc) is 3.33. The van der Waals surface area contributed by atoms with Crippen LogP contribution in [-0.4, -0.2) is 24.9 Å². The van der Waals surface area contributed by atoms with Gasteiger partial charge in [0, 0.05) is 17.7 Å². The molecule has 2 heterocycles. The molecule has 4 rings (SSSR count). The van der Waals surface area contributed by atoms with Gasteiger partial charge in [-0.25, -0.2) is 0 Å². The third kappa shape index (κ3) is 3.71. The van der Waals surface area contributed by atoms with E-state index in [0.29, 0.717) is 17.5 Å². The van der Waals surface area contributed by atoms with E-state index in [9.17, 15) is 0 Å². The monoisotopic (exact) mass is 391 g/mol. The Kier molecular flexibility index (Phi) is 5.25. The molecular formula is C21H21N5OS. The van der Waals surface area contributed by atoms with Crippen LogP contribution in [0.25, 0.3) is 22.8 Å². The van der Waals surface area contributed by atoms with Gasteiger partial charge < -0.3 is 9.09 Å². The van der Waals surface area contributed by atoms with Crippen molar-refractivity contribution in [2.45, 2.75) is 38.2 Å². The normalized spacial score (nSPS) is 11.1. The van der Waals surface area contributed by atoms with Crippen LogP contribution in [0.3, 0.4) is 0 Å². The molecule has 0 N–H and O–H groups in total. The van der Waals surface area contributed by atoms with E-state index >= 15 is 0 Å². The fourth-order valence-electron chi connectivity index (χ4n) is 3.04. The Morgan fingerprint density at radius 1 is 1.04 bits per heavy atom. The zero-order chi connectivity index (χ0) is 19.5. The first-order chi connectivity index (χ1) is 13.7. The number of hydrogen-bond donors (Lipinski definition) is 0. The molecule has 0 fully saturated rings. The van der Waals surface area contributed by atoms with Crippen molar-refractivity contribution in [2.24, 2.45) is 0 Å². The van der Waals surface area contributed by atoms with E-state index in [1.54, 1.807) is 11.8 Å². The van der Waals surface area contributed by atoms with Crippen molar-refractivity contribution in [3.8, 4) is 22.8 Å². The predicted molar refractivity (Wildman–Crippen MR) is 110 cm³/mol. The van der Waals surface area contributed by atoms with Gasteiger partial charge in [-0.3, -0.25) is 0 Å². The highest BCUT2D eigenvalue weighted by Crippen LogP contribution is 2.28. The summed E-state index contributed by atoms with van der Waals surface area (Å²) in [7, 11) is 0. The standard InChI is InChI=1S/C21H21N5OS/c1-4-26-20(17-11-6-5-9-15(17)3)23-24-21(26)28-13-18-22-19(25-27-18)16-10-7-8-14(2)12-16/h5-12H,4,13H2,1-3H3. The van der Waals surface area contributed by atoms with E-state index in [0.717, 1.165) is 34.2 Å². The molecule has 2 aromatic heterocycles. The minimum atomic E-state index is 0.546. The summed E-state index contributed by atoms with van der Waals surface area (Å²) in [6, 6.07) is 16.3. The van der Waals surface area contributed by atoms with Crippen molar-refractivity contribution in [3.05, 3.63) is 65.5 Å². The van der Waals surface area contributed by atoms with E-state index in [1.807, 2.05) is 43.3 Å². The zero-order valence-electron chi connectivity index (χ0n) is 16.1. The molecule has 28 heavy (non-hydrogen) atoms. The summed E-state index contributed by atoms with van der Waals surface area (Å²) < 4.78 is 7.54. The van der Waals surface area contributed by atoms with Gasteiger partial charge in [-0.15, -0.1) is 10.2 Å². The number of rotatable bonds is 6. The molecule has 6 nitrogen and oxygen atoms in total. The molecule has 0 saturated heterocycles. The maximum Gasteiger partial charge on any atom is 0.237 e. The smallest absolute Gasteiger partial charge is 0.237 e. The van der Waals surface area contributed by atoms with Gasteiger partial charge >= 0.3 is 0 Å². The quantitative estimate of drug-likeness (QED) is 0.434. The molecular weight excluding hydrogens is 370 g/mol. The Hall–Kier alpha value is -2.93. The van der Waals surface area contributed by atoms with Crippen LogP contribution in [0.5, 0.6) is 0 Å². The van der Waals surface area contributed by atoms with Gasteiger partial charge in [0.25, 0.3) is 0 Å². The fraction of sp³-hybridized carbons (Fsp3) is 0.238. The van der Waals surface area contributed by atoms with Crippen molar-refractivity contribution < 1.29 is 4.52 Å². The Morgan fingerprint density at radius 3 is 2.68 bits per heavy atom. The van der Waals surface area contributed by atoms with Gasteiger partial charge in [0.05, 0.1) is 5.75 Å². The molecule has 0 aliphatic carbocycles. The number of aryl methyl sites for hydroxylation is 2. The first-order valence-corrected chi connectivity index (χ1v) is 10.2. The van der Waals surface area contributed by atoms with E-state index in [4.69, 9.17) is 4.52 Å². The Bertz CT molecular complexity index is 1100. The largest absolute Gasteiger partial charge is 0.338 e. The summed E-state index contributed by atoms with van der Waals surface area (Å²) >= 11 is 1.55. The lowest BCUT2D eigenvalue weighted by atomic mass is 10.1. The highest BCUT2D eigenvalue weighted by molar-refractivity contribution is 7.98. The van der Waals surface area contributed by atoms with Crippen LogP contribution in [0, 0.1) is 13.8 Å². The SMILES string of the molecule is CCn1c(SCc2nc(-c3cccc(C)c3)no2)nnc1-c1ccccc1C. The van der Waals surface area contributed by atoms with Gasteiger partial charge in [0.1, 0.15) is 0 Å². The number of nitrogens with zero attached hydrogens (tertiary/aromatic N) is 5. The lowest BCUT2D eigenvalue weighted by Gasteiger charge is -2.08. The highest BCUT2D eigenvalue weighted by atomic mass is 32.2. The van der Waals surface area contributed by atoms with E-state index in [1.165, 1.54) is 5.56 Å². The van der Waals surface area contributed by atoms with Gasteiger partial charge in [-0.05, 0) is 32.4 Å². The van der Waals surface area contributed by atoms with Crippen LogP contribution in [0.15, 0.2) is 58.2 Å². The second kappa shape index (κ2) is 7.98. The molecule has 2 aromatic carbocycles. The summed E-state index contributed by atoms with van der Waals surface area (Å²) in [6.45, 7) is 7.02. The molecule has 142 valence electrons. The van der Waals surface area contributed by atoms with Crippen molar-refractivity contribution in [1.29, 1.82) is 0 Å². The van der Waals surface area contributed by atoms with E-state index in [2.05, 4.69) is 50.9 Å². The third-order valence-corrected chi connectivity index (χ3v) is 5.44. The van der Waals surface area contributed by atoms with Crippen LogP contribution in [-0.2, 0) is 12.3 Å². The van der Waals surface area contributed by atoms with Gasteiger partial charge in [-0.1, -0.05) is 64.9 Å². The molecule has 0 atom stereocenters. The highest BCUT2D eigenvalue weighted by Gasteiger charge is 2.16. The molecule has 0 saturated carbocycles. The maximum atomic E-state index is 5.43. The lowest BCUT2D eigenvalue weighted by molar-refractivity contribution is 0.391. The lowest BCUT2D eigenvalue weighted by Crippen LogP contribution is -2.00. The zero-order valence-corrected chi connectivity index (χ0v) is 16.9. The van der Waals surface area contributed by atoms with Crippen LogP contribution in [0.2, 0.25) is 0 Å². The molecule has 0 bridgehead atoms. The summed E-state index contributed by atoms with van der Waals surface area (Å²) in [6.07, 6.45) is 0. The number of hydrogen-bond acceptors (Lipinski definition) is 6. The van der Waals surface area contributed by atoms with Gasteiger partial charge in [0.2, 0.25) is 11.7 Å². The van der Waals surface area contributed by atoms with E-state index in [-0.39, 0.29) is 0 Å². The molecule has 0 unspecified atom stereocenters. The first kappa shape index (κ1) is 18.4. The fourth-order valence-corrected chi connectivity index (χ4v) is 3.88. The van der Waals surface area contributed by atoms with Crippen molar-refractivity contribution in [2.75, 3.05) is 0 Å². The predicted octanol–water partition coefficient (Wildman–Crippen LogP) is 4.92. The second-order valence-electron chi connectivity index (χ2n) is 6.54. The van der Waals surface area contributed by atoms with Gasteiger partial charge in [-0.2, -0.15) is 4.98 Å². The minimum Gasteiger partial charge on any atom is -0.338 e. The van der Waals surface area contributed by atoms with Crippen LogP contribution < -0.4 is 0 Å². The summed E-state index contributed by atoms with van der Waals surface area (Å²) in [5.74, 6) is 2.61. The Morgan fingerprint density at radius 2 is 1.89 bits per heavy atom. The van der Waals surface area contributed by atoms with Crippen LogP contribution >= 0.6 is 11.8 Å². The van der Waals surface area contributed by atoms with Crippen molar-refractivity contribution >= 4 is 11.8 Å². The topological polar surface area (TPSA) is 69.6 Å². The number of thioether (sulfide) groups is 1. The summed E-state index contributed by atoms with van der Waals surface area (Å²) in [4.78, 5) is 4.52. The van der Waals surface area contributed by atoms with Crippen molar-refractivity contribution in [3.63, 3.8) is 0 Å². The molecule has 0 aliphatic heterocycles. The van der Waals surface area contributed by atoms with Gasteiger partial charge in [0.15, 0.2) is 11.0 Å². The summed E-state index contributed by atoms with van der Waals surface area (Å²) in [5.41, 5.74) is 4.40. The summed E-state index contributed by atoms with van der Waals surface area (Å²) in [5, 5.41) is 13.7. The first-order valence-electron chi connectivity index (χ1n) is 9.17. The minimum absolute atomic E-state index is 0.546.